The topological polar surface area (TPSA) is 71.1 Å². The molecule has 0 saturated carbocycles. The number of thiazole rings is 1. The van der Waals surface area contributed by atoms with E-state index in [4.69, 9.17) is 0 Å². The number of aromatic nitrogens is 1. The molecule has 1 unspecified atom stereocenters. The van der Waals surface area contributed by atoms with Crippen LogP contribution in [0.2, 0.25) is 0 Å². The molecule has 31 heavy (non-hydrogen) atoms. The van der Waals surface area contributed by atoms with E-state index >= 15 is 0 Å². The van der Waals surface area contributed by atoms with Gasteiger partial charge >= 0.3 is 0 Å². The van der Waals surface area contributed by atoms with Gasteiger partial charge in [-0.2, -0.15) is 0 Å². The first-order valence-electron chi connectivity index (χ1n) is 10.5. The molecule has 2 aromatic carbocycles. The van der Waals surface area contributed by atoms with Gasteiger partial charge in [-0.3, -0.25) is 14.9 Å². The number of para-hydroxylation sites is 1. The monoisotopic (exact) mass is 429 g/mol. The van der Waals surface area contributed by atoms with Crippen molar-refractivity contribution in [1.82, 2.24) is 10.3 Å². The molecule has 0 saturated heterocycles. The van der Waals surface area contributed by atoms with Crippen LogP contribution in [0.25, 0.3) is 10.2 Å². The number of ketones is 1. The van der Waals surface area contributed by atoms with Crippen LogP contribution >= 0.6 is 11.3 Å². The summed E-state index contributed by atoms with van der Waals surface area (Å²) in [5, 5.41) is 6.93. The molecule has 5 nitrogen and oxygen atoms in total. The fraction of sp³-hybridized carbons (Fsp3) is 0.240. The zero-order valence-corrected chi connectivity index (χ0v) is 18.3. The Bertz CT molecular complexity index is 1250. The predicted octanol–water partition coefficient (Wildman–Crippen LogP) is 5.21. The Labute approximate surface area is 184 Å². The summed E-state index contributed by atoms with van der Waals surface area (Å²) in [7, 11) is 0. The number of rotatable bonds is 3. The van der Waals surface area contributed by atoms with Gasteiger partial charge in [0.15, 0.2) is 10.9 Å². The third-order valence-electron chi connectivity index (χ3n) is 6.03. The number of nitrogens with zero attached hydrogens (tertiary/aromatic N) is 1. The van der Waals surface area contributed by atoms with Crippen molar-refractivity contribution < 1.29 is 9.59 Å². The minimum absolute atomic E-state index is 0.125. The third-order valence-corrected chi connectivity index (χ3v) is 6.99. The maximum atomic E-state index is 13.6. The van der Waals surface area contributed by atoms with Crippen molar-refractivity contribution in [1.29, 1.82) is 0 Å². The van der Waals surface area contributed by atoms with E-state index in [0.29, 0.717) is 17.1 Å². The van der Waals surface area contributed by atoms with Gasteiger partial charge < -0.3 is 5.32 Å². The van der Waals surface area contributed by atoms with Crippen LogP contribution in [0.4, 0.5) is 5.13 Å². The molecule has 1 amide bonds. The lowest BCUT2D eigenvalue weighted by atomic mass is 9.74. The molecule has 1 aliphatic heterocycles. The highest BCUT2D eigenvalue weighted by Gasteiger charge is 2.39. The fourth-order valence-electron chi connectivity index (χ4n) is 4.60. The molecule has 1 atom stereocenters. The van der Waals surface area contributed by atoms with Crippen molar-refractivity contribution in [2.75, 3.05) is 5.32 Å². The van der Waals surface area contributed by atoms with E-state index in [1.807, 2.05) is 62.4 Å². The number of anilines is 1. The predicted molar refractivity (Wildman–Crippen MR) is 124 cm³/mol. The normalized spacial score (nSPS) is 18.8. The molecule has 2 heterocycles. The highest BCUT2D eigenvalue weighted by molar-refractivity contribution is 7.22. The summed E-state index contributed by atoms with van der Waals surface area (Å²) in [6.45, 7) is 3.95. The molecule has 2 aliphatic rings. The fourth-order valence-corrected chi connectivity index (χ4v) is 5.46. The van der Waals surface area contributed by atoms with E-state index in [1.54, 1.807) is 0 Å². The number of Topliss-reactive ketones (excluding diaryl/α,β-unsaturated/α-hetero) is 1. The molecule has 156 valence electrons. The van der Waals surface area contributed by atoms with Gasteiger partial charge in [0.2, 0.25) is 0 Å². The minimum atomic E-state index is -0.375. The van der Waals surface area contributed by atoms with Gasteiger partial charge in [-0.05, 0) is 49.9 Å². The van der Waals surface area contributed by atoms with Crippen LogP contribution in [0, 0.1) is 6.92 Å². The Hall–Kier alpha value is -3.25. The number of carbonyl (C=O) groups is 2. The smallest absolute Gasteiger partial charge is 0.256 e. The van der Waals surface area contributed by atoms with Crippen LogP contribution in [0.1, 0.15) is 43.2 Å². The lowest BCUT2D eigenvalue weighted by Gasteiger charge is -2.35. The molecule has 1 aromatic heterocycles. The summed E-state index contributed by atoms with van der Waals surface area (Å²) in [4.78, 5) is 31.1. The van der Waals surface area contributed by atoms with Gasteiger partial charge in [-0.15, -0.1) is 0 Å². The van der Waals surface area contributed by atoms with Crippen LogP contribution < -0.4 is 10.6 Å². The summed E-state index contributed by atoms with van der Waals surface area (Å²) in [6, 6.07) is 15.8. The molecule has 0 radical (unpaired) electrons. The maximum Gasteiger partial charge on any atom is 0.256 e. The molecule has 0 spiro atoms. The first-order chi connectivity index (χ1) is 15.0. The Morgan fingerprint density at radius 2 is 1.87 bits per heavy atom. The molecular weight excluding hydrogens is 406 g/mol. The van der Waals surface area contributed by atoms with E-state index in [-0.39, 0.29) is 17.6 Å². The number of amides is 1. The standard InChI is InChI=1S/C25H23N3O2S/c1-14-8-3-4-9-16(14)22-21(15(2)26-18-11-7-12-19(29)23(18)22)24(30)28-25-27-17-10-5-6-13-20(17)31-25/h3-6,8-10,13,22,26H,7,11-12H2,1-2H3,(H,27,28,30). The molecular formula is C25H23N3O2S. The van der Waals surface area contributed by atoms with Gasteiger partial charge in [-0.25, -0.2) is 4.98 Å². The average molecular weight is 430 g/mol. The minimum Gasteiger partial charge on any atom is -0.362 e. The number of hydrogen-bond donors (Lipinski definition) is 2. The molecule has 6 heteroatoms. The van der Waals surface area contributed by atoms with E-state index in [9.17, 15) is 9.59 Å². The molecule has 3 aromatic rings. The average Bonchev–Trinajstić information content (AvgIpc) is 3.15. The first-order valence-corrected chi connectivity index (χ1v) is 11.3. The largest absolute Gasteiger partial charge is 0.362 e. The summed E-state index contributed by atoms with van der Waals surface area (Å²) in [5.74, 6) is -0.471. The second-order valence-corrected chi connectivity index (χ2v) is 9.09. The van der Waals surface area contributed by atoms with Crippen LogP contribution in [0.5, 0.6) is 0 Å². The highest BCUT2D eigenvalue weighted by Crippen LogP contribution is 2.43. The highest BCUT2D eigenvalue weighted by atomic mass is 32.1. The van der Waals surface area contributed by atoms with E-state index in [0.717, 1.165) is 51.2 Å². The quantitative estimate of drug-likeness (QED) is 0.599. The molecule has 2 N–H and O–H groups in total. The number of benzene rings is 2. The van der Waals surface area contributed by atoms with Gasteiger partial charge in [0.05, 0.1) is 10.2 Å². The maximum absolute atomic E-state index is 13.6. The Balaban J connectivity index is 1.58. The second kappa shape index (κ2) is 7.78. The number of nitrogens with one attached hydrogen (secondary N) is 2. The number of hydrogen-bond acceptors (Lipinski definition) is 5. The summed E-state index contributed by atoms with van der Waals surface area (Å²) in [6.07, 6.45) is 2.19. The lowest BCUT2D eigenvalue weighted by molar-refractivity contribution is -0.116. The van der Waals surface area contributed by atoms with E-state index < -0.39 is 0 Å². The van der Waals surface area contributed by atoms with Crippen molar-refractivity contribution in [3.05, 3.63) is 82.2 Å². The molecule has 5 rings (SSSR count). The summed E-state index contributed by atoms with van der Waals surface area (Å²) in [5.41, 5.74) is 6.00. The number of aryl methyl sites for hydroxylation is 1. The molecule has 0 bridgehead atoms. The van der Waals surface area contributed by atoms with Gasteiger partial charge in [0.25, 0.3) is 5.91 Å². The molecule has 0 fully saturated rings. The number of fused-ring (bicyclic) bond motifs is 1. The lowest BCUT2D eigenvalue weighted by Crippen LogP contribution is -2.35. The van der Waals surface area contributed by atoms with Gasteiger partial charge in [-0.1, -0.05) is 47.7 Å². The molecule has 1 aliphatic carbocycles. The summed E-state index contributed by atoms with van der Waals surface area (Å²) < 4.78 is 1.02. The van der Waals surface area contributed by atoms with Crippen molar-refractivity contribution in [2.45, 2.75) is 39.0 Å². The van der Waals surface area contributed by atoms with Gasteiger partial charge in [0, 0.05) is 34.9 Å². The zero-order chi connectivity index (χ0) is 21.5. The first kappa shape index (κ1) is 19.7. The SMILES string of the molecule is CC1=C(C(=O)Nc2nc3ccccc3s2)C(c2ccccc2C)C2=C(CCCC2=O)N1. The van der Waals surface area contributed by atoms with Crippen LogP contribution in [0.3, 0.4) is 0 Å². The van der Waals surface area contributed by atoms with Crippen LogP contribution in [-0.2, 0) is 9.59 Å². The van der Waals surface area contributed by atoms with Crippen molar-refractivity contribution >= 4 is 38.4 Å². The second-order valence-electron chi connectivity index (χ2n) is 8.06. The Morgan fingerprint density at radius 3 is 2.68 bits per heavy atom. The number of allylic oxidation sites excluding steroid dienone is 3. The number of carbonyl (C=O) groups excluding carboxylic acids is 2. The Morgan fingerprint density at radius 1 is 1.10 bits per heavy atom. The van der Waals surface area contributed by atoms with Crippen LogP contribution in [0.15, 0.2) is 71.1 Å². The van der Waals surface area contributed by atoms with Crippen molar-refractivity contribution in [3.8, 4) is 0 Å². The number of dihydropyridines is 1. The van der Waals surface area contributed by atoms with Crippen LogP contribution in [-0.4, -0.2) is 16.7 Å². The Kier molecular flexibility index (Phi) is 4.94. The van der Waals surface area contributed by atoms with Gasteiger partial charge in [0.1, 0.15) is 0 Å². The van der Waals surface area contributed by atoms with Crippen molar-refractivity contribution in [3.63, 3.8) is 0 Å². The third kappa shape index (κ3) is 3.47. The zero-order valence-electron chi connectivity index (χ0n) is 17.5. The van der Waals surface area contributed by atoms with Crippen molar-refractivity contribution in [2.24, 2.45) is 0 Å². The van der Waals surface area contributed by atoms with E-state index in [2.05, 4.69) is 15.6 Å². The summed E-state index contributed by atoms with van der Waals surface area (Å²) >= 11 is 1.45. The van der Waals surface area contributed by atoms with E-state index in [1.165, 1.54) is 11.3 Å².